The maximum atomic E-state index is 13.7. The first kappa shape index (κ1) is 23.9. The van der Waals surface area contributed by atoms with Gasteiger partial charge in [-0.3, -0.25) is 4.79 Å². The van der Waals surface area contributed by atoms with E-state index < -0.39 is 11.7 Å². The molecule has 3 aromatic carbocycles. The van der Waals surface area contributed by atoms with Crippen LogP contribution in [-0.4, -0.2) is 38.2 Å². The van der Waals surface area contributed by atoms with E-state index in [1.165, 1.54) is 6.07 Å². The van der Waals surface area contributed by atoms with E-state index in [1.54, 1.807) is 38.5 Å². The third-order valence-electron chi connectivity index (χ3n) is 6.34. The molecule has 1 amide bonds. The van der Waals surface area contributed by atoms with Crippen molar-refractivity contribution in [3.05, 3.63) is 98.3 Å². The third-order valence-corrected chi connectivity index (χ3v) is 6.84. The van der Waals surface area contributed by atoms with Crippen LogP contribution in [0.1, 0.15) is 27.5 Å². The van der Waals surface area contributed by atoms with Crippen molar-refractivity contribution in [2.75, 3.05) is 27.4 Å². The van der Waals surface area contributed by atoms with E-state index in [2.05, 4.69) is 15.9 Å². The highest BCUT2D eigenvalue weighted by atomic mass is 79.9. The summed E-state index contributed by atoms with van der Waals surface area (Å²) in [7, 11) is 3.18. The van der Waals surface area contributed by atoms with Crippen molar-refractivity contribution in [3.8, 4) is 17.2 Å². The van der Waals surface area contributed by atoms with Gasteiger partial charge in [-0.15, -0.1) is 0 Å². The summed E-state index contributed by atoms with van der Waals surface area (Å²) in [4.78, 5) is 27.6. The number of hydrogen-bond acceptors (Lipinski definition) is 6. The van der Waals surface area contributed by atoms with Crippen LogP contribution in [-0.2, 0) is 6.42 Å². The normalized spacial score (nSPS) is 14.9. The van der Waals surface area contributed by atoms with Gasteiger partial charge in [0.05, 0.1) is 31.7 Å². The SMILES string of the molecule is COc1cc2c(cc1OC)C(COc1cc(=O)oc3ccccc13)N(C(=O)c1cccc(Br)c1)CC2. The quantitative estimate of drug-likeness (QED) is 0.300. The van der Waals surface area contributed by atoms with Gasteiger partial charge in [-0.05, 0) is 60.0 Å². The number of ether oxygens (including phenoxy) is 3. The standard InChI is InChI=1S/C28H24BrNO6/c1-33-25-13-17-10-11-30(28(32)18-6-5-7-19(29)12-18)22(21(17)14-26(25)34-2)16-35-24-15-27(31)36-23-9-4-3-8-20(23)24/h3-9,12-15,22H,10-11,16H2,1-2H3. The maximum Gasteiger partial charge on any atom is 0.339 e. The Labute approximate surface area is 216 Å². The number of nitrogens with zero attached hydrogens (tertiary/aromatic N) is 1. The summed E-state index contributed by atoms with van der Waals surface area (Å²) < 4.78 is 23.4. The van der Waals surface area contributed by atoms with E-state index >= 15 is 0 Å². The first-order valence-electron chi connectivity index (χ1n) is 11.5. The Morgan fingerprint density at radius 2 is 1.78 bits per heavy atom. The summed E-state index contributed by atoms with van der Waals surface area (Å²) in [6.45, 7) is 0.634. The van der Waals surface area contributed by atoms with Gasteiger partial charge in [-0.1, -0.05) is 34.1 Å². The molecule has 0 bridgehead atoms. The molecule has 4 aromatic rings. The van der Waals surface area contributed by atoms with Crippen LogP contribution in [0.2, 0.25) is 0 Å². The largest absolute Gasteiger partial charge is 0.493 e. The van der Waals surface area contributed by atoms with E-state index in [4.69, 9.17) is 18.6 Å². The van der Waals surface area contributed by atoms with Gasteiger partial charge in [-0.25, -0.2) is 4.79 Å². The van der Waals surface area contributed by atoms with Crippen LogP contribution in [0.15, 0.2) is 80.4 Å². The second kappa shape index (κ2) is 10.1. The molecule has 2 heterocycles. The summed E-state index contributed by atoms with van der Waals surface area (Å²) in [5.41, 5.74) is 2.48. The highest BCUT2D eigenvalue weighted by Gasteiger charge is 2.33. The molecule has 8 heteroatoms. The Hall–Kier alpha value is -3.78. The molecule has 184 valence electrons. The summed E-state index contributed by atoms with van der Waals surface area (Å²) in [6, 6.07) is 19.3. The van der Waals surface area contributed by atoms with Crippen LogP contribution in [0.3, 0.4) is 0 Å². The smallest absolute Gasteiger partial charge is 0.339 e. The number of carbonyl (C=O) groups is 1. The molecule has 0 saturated carbocycles. The summed E-state index contributed by atoms with van der Waals surface area (Å²) in [6.07, 6.45) is 0.657. The number of para-hydroxylation sites is 1. The van der Waals surface area contributed by atoms with Crippen LogP contribution >= 0.6 is 15.9 Å². The predicted molar refractivity (Wildman–Crippen MR) is 139 cm³/mol. The highest BCUT2D eigenvalue weighted by molar-refractivity contribution is 9.10. The second-order valence-corrected chi connectivity index (χ2v) is 9.33. The lowest BCUT2D eigenvalue weighted by Crippen LogP contribution is -2.42. The lowest BCUT2D eigenvalue weighted by molar-refractivity contribution is 0.0590. The summed E-state index contributed by atoms with van der Waals surface area (Å²) >= 11 is 3.46. The van der Waals surface area contributed by atoms with Gasteiger partial charge in [0, 0.05) is 16.6 Å². The van der Waals surface area contributed by atoms with Gasteiger partial charge < -0.3 is 23.5 Å². The molecule has 1 atom stereocenters. The zero-order chi connectivity index (χ0) is 25.2. The van der Waals surface area contributed by atoms with E-state index in [0.29, 0.717) is 46.7 Å². The van der Waals surface area contributed by atoms with Crippen molar-refractivity contribution in [3.63, 3.8) is 0 Å². The van der Waals surface area contributed by atoms with Crippen LogP contribution in [0.5, 0.6) is 17.2 Å². The van der Waals surface area contributed by atoms with Gasteiger partial charge in [0.25, 0.3) is 5.91 Å². The molecule has 36 heavy (non-hydrogen) atoms. The summed E-state index contributed by atoms with van der Waals surface area (Å²) in [5, 5.41) is 0.685. The van der Waals surface area contributed by atoms with Crippen LogP contribution in [0.25, 0.3) is 11.0 Å². The zero-order valence-electron chi connectivity index (χ0n) is 19.8. The first-order valence-corrected chi connectivity index (χ1v) is 12.2. The Kier molecular flexibility index (Phi) is 6.69. The molecule has 7 nitrogen and oxygen atoms in total. The minimum Gasteiger partial charge on any atom is -0.493 e. The fraction of sp³-hybridized carbons (Fsp3) is 0.214. The number of hydrogen-bond donors (Lipinski definition) is 0. The monoisotopic (exact) mass is 549 g/mol. The molecule has 1 aliphatic rings. The van der Waals surface area contributed by atoms with Gasteiger partial charge >= 0.3 is 5.63 Å². The molecule has 0 N–H and O–H groups in total. The van der Waals surface area contributed by atoms with Gasteiger partial charge in [0.1, 0.15) is 17.9 Å². The number of amides is 1. The van der Waals surface area contributed by atoms with Gasteiger partial charge in [0.15, 0.2) is 11.5 Å². The average molecular weight is 550 g/mol. The molecule has 0 fully saturated rings. The number of fused-ring (bicyclic) bond motifs is 2. The Morgan fingerprint density at radius 1 is 1.00 bits per heavy atom. The number of rotatable bonds is 6. The Balaban J connectivity index is 1.56. The number of carbonyl (C=O) groups excluding carboxylic acids is 1. The van der Waals surface area contributed by atoms with Crippen LogP contribution in [0, 0.1) is 0 Å². The molecule has 0 radical (unpaired) electrons. The fourth-order valence-corrected chi connectivity index (χ4v) is 5.01. The van der Waals surface area contributed by atoms with E-state index in [9.17, 15) is 9.59 Å². The minimum atomic E-state index is -0.499. The van der Waals surface area contributed by atoms with Crippen LogP contribution < -0.4 is 19.8 Å². The van der Waals surface area contributed by atoms with Crippen molar-refractivity contribution in [1.82, 2.24) is 4.90 Å². The number of halogens is 1. The minimum absolute atomic E-state index is 0.109. The van der Waals surface area contributed by atoms with Gasteiger partial charge in [-0.2, -0.15) is 0 Å². The molecule has 1 aliphatic heterocycles. The maximum absolute atomic E-state index is 13.7. The van der Waals surface area contributed by atoms with E-state index in [0.717, 1.165) is 15.6 Å². The molecule has 1 unspecified atom stereocenters. The lowest BCUT2D eigenvalue weighted by atomic mass is 9.91. The lowest BCUT2D eigenvalue weighted by Gasteiger charge is -2.37. The van der Waals surface area contributed by atoms with Gasteiger partial charge in [0.2, 0.25) is 0 Å². The van der Waals surface area contributed by atoms with Crippen molar-refractivity contribution in [2.24, 2.45) is 0 Å². The van der Waals surface area contributed by atoms with Crippen LogP contribution in [0.4, 0.5) is 0 Å². The van der Waals surface area contributed by atoms with Crippen molar-refractivity contribution < 1.29 is 23.4 Å². The highest BCUT2D eigenvalue weighted by Crippen LogP contribution is 2.39. The molecule has 1 aromatic heterocycles. The average Bonchev–Trinajstić information content (AvgIpc) is 2.90. The van der Waals surface area contributed by atoms with E-state index in [-0.39, 0.29) is 12.5 Å². The van der Waals surface area contributed by atoms with Crippen molar-refractivity contribution in [1.29, 1.82) is 0 Å². The molecule has 0 saturated heterocycles. The number of benzene rings is 3. The zero-order valence-corrected chi connectivity index (χ0v) is 21.4. The second-order valence-electron chi connectivity index (χ2n) is 8.42. The molecule has 0 aliphatic carbocycles. The topological polar surface area (TPSA) is 78.2 Å². The van der Waals surface area contributed by atoms with Crippen molar-refractivity contribution in [2.45, 2.75) is 12.5 Å². The van der Waals surface area contributed by atoms with Crippen molar-refractivity contribution >= 4 is 32.8 Å². The number of methoxy groups -OCH3 is 2. The fourth-order valence-electron chi connectivity index (χ4n) is 4.61. The molecule has 0 spiro atoms. The Morgan fingerprint density at radius 3 is 2.56 bits per heavy atom. The predicted octanol–water partition coefficient (Wildman–Crippen LogP) is 5.39. The third kappa shape index (κ3) is 4.56. The summed E-state index contributed by atoms with van der Waals surface area (Å²) in [5.74, 6) is 1.50. The van der Waals surface area contributed by atoms with E-state index in [1.807, 2.05) is 41.3 Å². The Bertz CT molecular complexity index is 1500. The molecule has 5 rings (SSSR count). The molecular weight excluding hydrogens is 526 g/mol. The molecular formula is C28H24BrNO6. The first-order chi connectivity index (χ1) is 17.5.